The molecular formula is C19H21N3O4. The molecule has 0 spiro atoms. The van der Waals surface area contributed by atoms with Crippen molar-refractivity contribution in [1.29, 1.82) is 0 Å². The van der Waals surface area contributed by atoms with Gasteiger partial charge in [-0.1, -0.05) is 12.1 Å². The molecule has 0 fully saturated rings. The van der Waals surface area contributed by atoms with Gasteiger partial charge in [0.2, 0.25) is 0 Å². The van der Waals surface area contributed by atoms with Crippen molar-refractivity contribution in [3.8, 4) is 11.5 Å². The molecule has 2 amide bonds. The Balaban J connectivity index is 1.98. The smallest absolute Gasteiger partial charge is 0.329 e. The second kappa shape index (κ2) is 8.66. The van der Waals surface area contributed by atoms with Gasteiger partial charge in [0.05, 0.1) is 20.4 Å². The monoisotopic (exact) mass is 355 g/mol. The summed E-state index contributed by atoms with van der Waals surface area (Å²) in [6, 6.07) is 10.8. The van der Waals surface area contributed by atoms with Crippen LogP contribution in [0.15, 0.2) is 41.5 Å². The molecule has 0 aliphatic carbocycles. The van der Waals surface area contributed by atoms with Gasteiger partial charge >= 0.3 is 11.8 Å². The summed E-state index contributed by atoms with van der Waals surface area (Å²) >= 11 is 0. The molecule has 0 aliphatic heterocycles. The van der Waals surface area contributed by atoms with Crippen molar-refractivity contribution >= 4 is 23.7 Å². The van der Waals surface area contributed by atoms with Crippen LogP contribution in [0.3, 0.4) is 0 Å². The van der Waals surface area contributed by atoms with Gasteiger partial charge in [0, 0.05) is 5.69 Å². The lowest BCUT2D eigenvalue weighted by Crippen LogP contribution is -2.32. The zero-order chi connectivity index (χ0) is 19.1. The number of hydrazone groups is 1. The average Bonchev–Trinajstić information content (AvgIpc) is 2.64. The highest BCUT2D eigenvalue weighted by Gasteiger charge is 2.14. The minimum absolute atomic E-state index is 0.537. The van der Waals surface area contributed by atoms with Crippen molar-refractivity contribution < 1.29 is 19.1 Å². The van der Waals surface area contributed by atoms with Crippen molar-refractivity contribution in [2.75, 3.05) is 19.5 Å². The van der Waals surface area contributed by atoms with Gasteiger partial charge in [-0.15, -0.1) is 0 Å². The Morgan fingerprint density at radius 1 is 0.962 bits per heavy atom. The Hall–Kier alpha value is -3.35. The Morgan fingerprint density at radius 2 is 1.69 bits per heavy atom. The molecule has 0 radical (unpaired) electrons. The number of hydrogen-bond donors (Lipinski definition) is 2. The van der Waals surface area contributed by atoms with Crippen molar-refractivity contribution in [3.05, 3.63) is 53.1 Å². The van der Waals surface area contributed by atoms with Crippen LogP contribution in [0.1, 0.15) is 16.7 Å². The van der Waals surface area contributed by atoms with Crippen LogP contribution >= 0.6 is 0 Å². The number of benzene rings is 2. The predicted octanol–water partition coefficient (Wildman–Crippen LogP) is 2.41. The summed E-state index contributed by atoms with van der Waals surface area (Å²) in [4.78, 5) is 23.8. The van der Waals surface area contributed by atoms with E-state index in [1.807, 2.05) is 26.0 Å². The zero-order valence-corrected chi connectivity index (χ0v) is 15.1. The first-order chi connectivity index (χ1) is 12.4. The van der Waals surface area contributed by atoms with E-state index < -0.39 is 11.8 Å². The number of carbonyl (C=O) groups is 2. The molecule has 26 heavy (non-hydrogen) atoms. The van der Waals surface area contributed by atoms with Gasteiger partial charge in [-0.3, -0.25) is 9.59 Å². The predicted molar refractivity (Wildman–Crippen MR) is 99.8 cm³/mol. The van der Waals surface area contributed by atoms with Gasteiger partial charge in [0.25, 0.3) is 0 Å². The molecular weight excluding hydrogens is 334 g/mol. The Kier molecular flexibility index (Phi) is 6.32. The van der Waals surface area contributed by atoms with Gasteiger partial charge in [-0.05, 0) is 54.8 Å². The van der Waals surface area contributed by atoms with Gasteiger partial charge in [0.15, 0.2) is 11.5 Å². The number of nitrogens with one attached hydrogen (secondary N) is 2. The van der Waals surface area contributed by atoms with Crippen LogP contribution in [0, 0.1) is 13.8 Å². The number of nitrogens with zero attached hydrogens (tertiary/aromatic N) is 1. The van der Waals surface area contributed by atoms with Crippen LogP contribution in [0.4, 0.5) is 5.69 Å². The quantitative estimate of drug-likeness (QED) is 0.490. The summed E-state index contributed by atoms with van der Waals surface area (Å²) in [6.45, 7) is 3.75. The minimum atomic E-state index is -0.859. The van der Waals surface area contributed by atoms with Gasteiger partial charge in [-0.25, -0.2) is 5.43 Å². The second-order valence-electron chi connectivity index (χ2n) is 5.59. The summed E-state index contributed by atoms with van der Waals surface area (Å²) in [5, 5.41) is 6.36. The minimum Gasteiger partial charge on any atom is -0.493 e. The molecule has 2 N–H and O–H groups in total. The highest BCUT2D eigenvalue weighted by atomic mass is 16.5. The van der Waals surface area contributed by atoms with E-state index in [1.54, 1.807) is 31.4 Å². The van der Waals surface area contributed by atoms with Crippen LogP contribution < -0.4 is 20.2 Å². The number of ether oxygens (including phenoxy) is 2. The van der Waals surface area contributed by atoms with Crippen LogP contribution in [0.2, 0.25) is 0 Å². The third-order valence-electron chi connectivity index (χ3n) is 3.63. The second-order valence-corrected chi connectivity index (χ2v) is 5.59. The van der Waals surface area contributed by atoms with E-state index in [0.717, 1.165) is 11.1 Å². The number of methoxy groups -OCH3 is 2. The molecule has 7 nitrogen and oxygen atoms in total. The molecule has 2 rings (SSSR count). The lowest BCUT2D eigenvalue weighted by atomic mass is 10.1. The Morgan fingerprint density at radius 3 is 2.38 bits per heavy atom. The highest BCUT2D eigenvalue weighted by molar-refractivity contribution is 6.39. The van der Waals surface area contributed by atoms with Crippen LogP contribution in [-0.4, -0.2) is 32.2 Å². The SMILES string of the molecule is COc1ccc(/C=N/NC(=O)C(=O)Nc2cc(C)ccc2C)cc1OC. The normalized spacial score (nSPS) is 10.5. The maximum absolute atomic E-state index is 12.0. The summed E-state index contributed by atoms with van der Waals surface area (Å²) in [6.07, 6.45) is 1.41. The zero-order valence-electron chi connectivity index (χ0n) is 15.1. The van der Waals surface area contributed by atoms with Crippen molar-refractivity contribution in [1.82, 2.24) is 5.43 Å². The number of aryl methyl sites for hydroxylation is 2. The number of rotatable bonds is 5. The molecule has 7 heteroatoms. The third kappa shape index (κ3) is 4.83. The first kappa shape index (κ1) is 19.0. The number of hydrogen-bond acceptors (Lipinski definition) is 5. The molecule has 136 valence electrons. The van der Waals surface area contributed by atoms with E-state index in [0.29, 0.717) is 22.7 Å². The largest absolute Gasteiger partial charge is 0.493 e. The fourth-order valence-electron chi connectivity index (χ4n) is 2.20. The Bertz CT molecular complexity index is 847. The molecule has 0 saturated carbocycles. The van der Waals surface area contributed by atoms with E-state index >= 15 is 0 Å². The standard InChI is InChI=1S/C19H21N3O4/c1-12-5-6-13(2)15(9-12)21-18(23)19(24)22-20-11-14-7-8-16(25-3)17(10-14)26-4/h5-11H,1-4H3,(H,21,23)(H,22,24)/b20-11+. The van der Waals surface area contributed by atoms with Crippen LogP contribution in [-0.2, 0) is 9.59 Å². The fraction of sp³-hybridized carbons (Fsp3) is 0.211. The average molecular weight is 355 g/mol. The van der Waals surface area contributed by atoms with E-state index in [1.165, 1.54) is 13.3 Å². The molecule has 2 aromatic carbocycles. The van der Waals surface area contributed by atoms with E-state index in [9.17, 15) is 9.59 Å². The fourth-order valence-corrected chi connectivity index (χ4v) is 2.20. The van der Waals surface area contributed by atoms with E-state index in [2.05, 4.69) is 15.8 Å². The summed E-state index contributed by atoms with van der Waals surface area (Å²) in [5.74, 6) is -0.525. The van der Waals surface area contributed by atoms with Crippen LogP contribution in [0.5, 0.6) is 11.5 Å². The maximum atomic E-state index is 12.0. The maximum Gasteiger partial charge on any atom is 0.329 e. The van der Waals surface area contributed by atoms with Crippen molar-refractivity contribution in [3.63, 3.8) is 0 Å². The summed E-state index contributed by atoms with van der Waals surface area (Å²) < 4.78 is 10.3. The van der Waals surface area contributed by atoms with Crippen molar-refractivity contribution in [2.24, 2.45) is 5.10 Å². The molecule has 0 unspecified atom stereocenters. The lowest BCUT2D eigenvalue weighted by molar-refractivity contribution is -0.136. The molecule has 0 heterocycles. The van der Waals surface area contributed by atoms with E-state index in [4.69, 9.17) is 9.47 Å². The highest BCUT2D eigenvalue weighted by Crippen LogP contribution is 2.26. The molecule has 0 saturated heterocycles. The number of carbonyl (C=O) groups excluding carboxylic acids is 2. The lowest BCUT2D eigenvalue weighted by Gasteiger charge is -2.08. The van der Waals surface area contributed by atoms with Crippen LogP contribution in [0.25, 0.3) is 0 Å². The molecule has 0 atom stereocenters. The molecule has 0 bridgehead atoms. The molecule has 2 aromatic rings. The molecule has 0 aromatic heterocycles. The first-order valence-corrected chi connectivity index (χ1v) is 7.88. The first-order valence-electron chi connectivity index (χ1n) is 7.88. The number of anilines is 1. The van der Waals surface area contributed by atoms with Gasteiger partial charge in [-0.2, -0.15) is 5.10 Å². The van der Waals surface area contributed by atoms with Gasteiger partial charge in [0.1, 0.15) is 0 Å². The number of amides is 2. The molecule has 0 aliphatic rings. The van der Waals surface area contributed by atoms with Gasteiger partial charge < -0.3 is 14.8 Å². The van der Waals surface area contributed by atoms with E-state index in [-0.39, 0.29) is 0 Å². The van der Waals surface area contributed by atoms with Crippen molar-refractivity contribution in [2.45, 2.75) is 13.8 Å². The topological polar surface area (TPSA) is 89.0 Å². The Labute approximate surface area is 152 Å². The third-order valence-corrected chi connectivity index (χ3v) is 3.63. The summed E-state index contributed by atoms with van der Waals surface area (Å²) in [5.41, 5.74) is 5.32. The summed E-state index contributed by atoms with van der Waals surface area (Å²) in [7, 11) is 3.07.